The van der Waals surface area contributed by atoms with Gasteiger partial charge in [0.25, 0.3) is 11.8 Å². The quantitative estimate of drug-likeness (QED) is 0.608. The van der Waals surface area contributed by atoms with Crippen LogP contribution < -0.4 is 16.0 Å². The van der Waals surface area contributed by atoms with Gasteiger partial charge in [0.15, 0.2) is 0 Å². The summed E-state index contributed by atoms with van der Waals surface area (Å²) in [7, 11) is 0. The molecule has 3 aliphatic rings. The molecule has 0 radical (unpaired) electrons. The number of benzene rings is 1. The molecule has 31 heavy (non-hydrogen) atoms. The minimum Gasteiger partial charge on any atom is -0.349 e. The summed E-state index contributed by atoms with van der Waals surface area (Å²) in [4.78, 5) is 50.8. The van der Waals surface area contributed by atoms with Crippen molar-refractivity contribution < 1.29 is 19.2 Å². The second kappa shape index (κ2) is 9.08. The summed E-state index contributed by atoms with van der Waals surface area (Å²) in [5, 5.41) is 8.66. The van der Waals surface area contributed by atoms with E-state index < -0.39 is 11.6 Å². The lowest BCUT2D eigenvalue weighted by atomic mass is 9.82. The Kier molecular flexibility index (Phi) is 6.25. The normalized spacial score (nSPS) is 20.7. The van der Waals surface area contributed by atoms with Crippen LogP contribution in [0, 0.1) is 0 Å². The molecule has 5 amide bonds. The summed E-state index contributed by atoms with van der Waals surface area (Å²) < 4.78 is 0. The molecule has 1 heterocycles. The maximum absolute atomic E-state index is 12.8. The Morgan fingerprint density at radius 2 is 1.68 bits per heavy atom. The van der Waals surface area contributed by atoms with Gasteiger partial charge in [0.05, 0.1) is 0 Å². The van der Waals surface area contributed by atoms with Crippen molar-refractivity contribution >= 4 is 29.4 Å². The first-order valence-electron chi connectivity index (χ1n) is 11.3. The highest BCUT2D eigenvalue weighted by molar-refractivity contribution is 6.07. The standard InChI is InChI=1S/C23H30N4O4/c28-19(12-15-27-21(30)23(26-22(27)31)13-4-1-5-14-23)24-18-10-8-16(9-11-18)20(29)25-17-6-2-3-7-17/h8-11,17H,1-7,12-15H2,(H,24,28)(H,25,29)(H,26,31). The van der Waals surface area contributed by atoms with Gasteiger partial charge in [0.2, 0.25) is 5.91 Å². The van der Waals surface area contributed by atoms with Crippen molar-refractivity contribution in [3.8, 4) is 0 Å². The average Bonchev–Trinajstić information content (AvgIpc) is 3.34. The summed E-state index contributed by atoms with van der Waals surface area (Å²) in [5.41, 5.74) is 0.367. The van der Waals surface area contributed by atoms with Crippen LogP contribution >= 0.6 is 0 Å². The van der Waals surface area contributed by atoms with E-state index in [1.807, 2.05) is 0 Å². The molecule has 0 unspecified atom stereocenters. The fourth-order valence-corrected chi connectivity index (χ4v) is 4.85. The summed E-state index contributed by atoms with van der Waals surface area (Å²) in [5.74, 6) is -0.587. The summed E-state index contributed by atoms with van der Waals surface area (Å²) >= 11 is 0. The van der Waals surface area contributed by atoms with E-state index in [0.29, 0.717) is 24.1 Å². The molecule has 0 atom stereocenters. The third kappa shape index (κ3) is 4.73. The zero-order chi connectivity index (χ0) is 21.8. The van der Waals surface area contributed by atoms with E-state index in [0.717, 1.165) is 44.9 Å². The number of rotatable bonds is 6. The second-order valence-electron chi connectivity index (χ2n) is 8.86. The lowest BCUT2D eigenvalue weighted by Gasteiger charge is -2.30. The molecular formula is C23H30N4O4. The number of carbonyl (C=O) groups is 4. The topological polar surface area (TPSA) is 108 Å². The van der Waals surface area contributed by atoms with Gasteiger partial charge in [0, 0.05) is 30.3 Å². The Morgan fingerprint density at radius 1 is 1.00 bits per heavy atom. The van der Waals surface area contributed by atoms with Gasteiger partial charge in [-0.05, 0) is 49.9 Å². The van der Waals surface area contributed by atoms with Crippen LogP contribution in [-0.4, -0.2) is 46.8 Å². The third-order valence-corrected chi connectivity index (χ3v) is 6.64. The van der Waals surface area contributed by atoms with E-state index in [4.69, 9.17) is 0 Å². The lowest BCUT2D eigenvalue weighted by Crippen LogP contribution is -2.48. The van der Waals surface area contributed by atoms with Crippen molar-refractivity contribution in [3.63, 3.8) is 0 Å². The molecule has 2 aliphatic carbocycles. The molecule has 8 nitrogen and oxygen atoms in total. The van der Waals surface area contributed by atoms with Crippen LogP contribution in [0.5, 0.6) is 0 Å². The van der Waals surface area contributed by atoms with E-state index in [9.17, 15) is 19.2 Å². The molecule has 1 saturated heterocycles. The molecule has 1 aromatic carbocycles. The predicted octanol–water partition coefficient (Wildman–Crippen LogP) is 2.94. The molecule has 3 fully saturated rings. The van der Waals surface area contributed by atoms with E-state index in [1.165, 1.54) is 4.90 Å². The third-order valence-electron chi connectivity index (χ3n) is 6.64. The smallest absolute Gasteiger partial charge is 0.325 e. The number of imide groups is 1. The average molecular weight is 427 g/mol. The highest BCUT2D eigenvalue weighted by Gasteiger charge is 2.51. The molecule has 4 rings (SSSR count). The van der Waals surface area contributed by atoms with Crippen molar-refractivity contribution in [1.29, 1.82) is 0 Å². The van der Waals surface area contributed by atoms with Crippen molar-refractivity contribution in [2.45, 2.75) is 75.8 Å². The molecule has 1 aliphatic heterocycles. The number of carbonyl (C=O) groups excluding carboxylic acids is 4. The van der Waals surface area contributed by atoms with Gasteiger partial charge in [-0.15, -0.1) is 0 Å². The van der Waals surface area contributed by atoms with Crippen LogP contribution in [0.3, 0.4) is 0 Å². The maximum Gasteiger partial charge on any atom is 0.325 e. The SMILES string of the molecule is O=C(CCN1C(=O)NC2(CCCCC2)C1=O)Nc1ccc(C(=O)NC2CCCC2)cc1. The first-order valence-corrected chi connectivity index (χ1v) is 11.3. The Bertz CT molecular complexity index is 855. The van der Waals surface area contributed by atoms with Crippen LogP contribution in [0.4, 0.5) is 10.5 Å². The zero-order valence-corrected chi connectivity index (χ0v) is 17.7. The van der Waals surface area contributed by atoms with Gasteiger partial charge < -0.3 is 16.0 Å². The Morgan fingerprint density at radius 3 is 2.35 bits per heavy atom. The first-order chi connectivity index (χ1) is 15.0. The number of nitrogens with one attached hydrogen (secondary N) is 3. The summed E-state index contributed by atoms with van der Waals surface area (Å²) in [6.45, 7) is 0.0557. The Balaban J connectivity index is 1.26. The van der Waals surface area contributed by atoms with Crippen molar-refractivity contribution in [2.24, 2.45) is 0 Å². The van der Waals surface area contributed by atoms with Crippen LogP contribution in [-0.2, 0) is 9.59 Å². The molecule has 2 saturated carbocycles. The maximum atomic E-state index is 12.8. The van der Waals surface area contributed by atoms with Crippen LogP contribution in [0.2, 0.25) is 0 Å². The van der Waals surface area contributed by atoms with Gasteiger partial charge in [-0.25, -0.2) is 4.79 Å². The highest BCUT2D eigenvalue weighted by atomic mass is 16.2. The van der Waals surface area contributed by atoms with E-state index in [-0.39, 0.29) is 36.7 Å². The fourth-order valence-electron chi connectivity index (χ4n) is 4.85. The lowest BCUT2D eigenvalue weighted by molar-refractivity contribution is -0.132. The Hall–Kier alpha value is -2.90. The minimum atomic E-state index is -0.763. The molecule has 166 valence electrons. The first kappa shape index (κ1) is 21.3. The van der Waals surface area contributed by atoms with Gasteiger partial charge in [-0.1, -0.05) is 32.1 Å². The number of nitrogens with zero attached hydrogens (tertiary/aromatic N) is 1. The van der Waals surface area contributed by atoms with Gasteiger partial charge in [-0.2, -0.15) is 0 Å². The molecule has 0 aromatic heterocycles. The number of amides is 5. The van der Waals surface area contributed by atoms with Gasteiger partial charge in [-0.3, -0.25) is 19.3 Å². The second-order valence-corrected chi connectivity index (χ2v) is 8.86. The number of hydrogen-bond acceptors (Lipinski definition) is 4. The predicted molar refractivity (Wildman–Crippen MR) is 115 cm³/mol. The van der Waals surface area contributed by atoms with Crippen LogP contribution in [0.25, 0.3) is 0 Å². The monoisotopic (exact) mass is 426 g/mol. The largest absolute Gasteiger partial charge is 0.349 e. The fraction of sp³-hybridized carbons (Fsp3) is 0.565. The van der Waals surface area contributed by atoms with Gasteiger partial charge >= 0.3 is 6.03 Å². The molecule has 8 heteroatoms. The Labute approximate surface area is 182 Å². The minimum absolute atomic E-state index is 0.0269. The van der Waals surface area contributed by atoms with E-state index in [1.54, 1.807) is 24.3 Å². The van der Waals surface area contributed by atoms with Crippen molar-refractivity contribution in [1.82, 2.24) is 15.5 Å². The van der Waals surface area contributed by atoms with Crippen LogP contribution in [0.1, 0.15) is 74.6 Å². The molecule has 1 spiro atoms. The van der Waals surface area contributed by atoms with Crippen molar-refractivity contribution in [2.75, 3.05) is 11.9 Å². The summed E-state index contributed by atoms with van der Waals surface area (Å²) in [6, 6.07) is 6.59. The number of hydrogen-bond donors (Lipinski definition) is 3. The molecule has 1 aromatic rings. The van der Waals surface area contributed by atoms with Gasteiger partial charge in [0.1, 0.15) is 5.54 Å². The van der Waals surface area contributed by atoms with E-state index >= 15 is 0 Å². The van der Waals surface area contributed by atoms with Crippen molar-refractivity contribution in [3.05, 3.63) is 29.8 Å². The molecular weight excluding hydrogens is 396 g/mol. The molecule has 3 N–H and O–H groups in total. The van der Waals surface area contributed by atoms with E-state index in [2.05, 4.69) is 16.0 Å². The molecule has 0 bridgehead atoms. The summed E-state index contributed by atoms with van der Waals surface area (Å²) in [6.07, 6.45) is 8.65. The number of anilines is 1. The number of urea groups is 1. The zero-order valence-electron chi connectivity index (χ0n) is 17.7. The van der Waals surface area contributed by atoms with Crippen LogP contribution in [0.15, 0.2) is 24.3 Å². The highest BCUT2D eigenvalue weighted by Crippen LogP contribution is 2.33.